The lowest BCUT2D eigenvalue weighted by Gasteiger charge is -2.10. The molecule has 0 amide bonds. The van der Waals surface area contributed by atoms with E-state index < -0.39 is 29.3 Å². The number of nitrogens with zero attached hydrogens (tertiary/aromatic N) is 1. The maximum absolute atomic E-state index is 13.3. The molecule has 88 valence electrons. The molecule has 6 heteroatoms. The van der Waals surface area contributed by atoms with Gasteiger partial charge in [0.05, 0.1) is 18.4 Å². The van der Waals surface area contributed by atoms with Crippen LogP contribution in [0.2, 0.25) is 0 Å². The van der Waals surface area contributed by atoms with Crippen LogP contribution in [0.3, 0.4) is 0 Å². The number of hydrogen-bond acceptors (Lipinski definition) is 3. The first-order valence-corrected chi connectivity index (χ1v) is 4.59. The van der Waals surface area contributed by atoms with Gasteiger partial charge in [0.2, 0.25) is 0 Å². The first-order valence-electron chi connectivity index (χ1n) is 4.59. The molecule has 0 aliphatic rings. The molecule has 3 nitrogen and oxygen atoms in total. The van der Waals surface area contributed by atoms with Gasteiger partial charge in [-0.3, -0.25) is 4.98 Å². The third-order valence-corrected chi connectivity index (χ3v) is 1.97. The second-order valence-electron chi connectivity index (χ2n) is 3.00. The number of halogens is 3. The fourth-order valence-corrected chi connectivity index (χ4v) is 1.27. The van der Waals surface area contributed by atoms with Crippen molar-refractivity contribution in [1.82, 2.24) is 4.98 Å². The van der Waals surface area contributed by atoms with Crippen molar-refractivity contribution in [3.05, 3.63) is 28.8 Å². The van der Waals surface area contributed by atoms with Gasteiger partial charge in [0.1, 0.15) is 5.56 Å². The summed E-state index contributed by atoms with van der Waals surface area (Å²) in [6.45, 7) is 2.78. The molecule has 0 N–H and O–H groups in total. The number of esters is 1. The number of ether oxygens (including phenoxy) is 1. The highest BCUT2D eigenvalue weighted by atomic mass is 19.3. The fourth-order valence-electron chi connectivity index (χ4n) is 1.27. The first-order chi connectivity index (χ1) is 7.49. The topological polar surface area (TPSA) is 39.2 Å². The lowest BCUT2D eigenvalue weighted by atomic mass is 10.1. The van der Waals surface area contributed by atoms with E-state index in [-0.39, 0.29) is 12.3 Å². The fraction of sp³-hybridized carbons (Fsp3) is 0.400. The summed E-state index contributed by atoms with van der Waals surface area (Å²) in [5.41, 5.74) is -1.53. The van der Waals surface area contributed by atoms with Gasteiger partial charge in [0.15, 0.2) is 5.82 Å². The van der Waals surface area contributed by atoms with Crippen molar-refractivity contribution in [2.75, 3.05) is 6.61 Å². The normalized spacial score (nSPS) is 10.6. The Morgan fingerprint density at radius 3 is 2.69 bits per heavy atom. The Hall–Kier alpha value is -1.59. The number of rotatable bonds is 3. The molecule has 0 aliphatic carbocycles. The lowest BCUT2D eigenvalue weighted by molar-refractivity contribution is 0.0508. The van der Waals surface area contributed by atoms with E-state index in [0.29, 0.717) is 0 Å². The van der Waals surface area contributed by atoms with E-state index >= 15 is 0 Å². The van der Waals surface area contributed by atoms with Crippen molar-refractivity contribution < 1.29 is 22.7 Å². The molecule has 0 saturated heterocycles. The summed E-state index contributed by atoms with van der Waals surface area (Å²) in [6.07, 6.45) is -2.24. The van der Waals surface area contributed by atoms with E-state index in [2.05, 4.69) is 9.72 Å². The second-order valence-corrected chi connectivity index (χ2v) is 3.00. The van der Waals surface area contributed by atoms with Crippen molar-refractivity contribution in [3.8, 4) is 0 Å². The number of aromatic nitrogens is 1. The predicted octanol–water partition coefficient (Wildman–Crippen LogP) is 2.64. The lowest BCUT2D eigenvalue weighted by Crippen LogP contribution is -2.13. The molecular weight excluding hydrogens is 223 g/mol. The molecule has 0 atom stereocenters. The SMILES string of the molecule is CCOC(=O)c1c(F)cnc(C)c1C(F)F. The summed E-state index contributed by atoms with van der Waals surface area (Å²) >= 11 is 0. The third kappa shape index (κ3) is 2.32. The molecule has 0 unspecified atom stereocenters. The van der Waals surface area contributed by atoms with Crippen LogP contribution in [0.4, 0.5) is 13.2 Å². The van der Waals surface area contributed by atoms with Crippen LogP contribution >= 0.6 is 0 Å². The summed E-state index contributed by atoms with van der Waals surface area (Å²) in [7, 11) is 0. The molecule has 0 fully saturated rings. The second kappa shape index (κ2) is 4.96. The molecular formula is C10H10F3NO2. The van der Waals surface area contributed by atoms with Gasteiger partial charge in [-0.2, -0.15) is 0 Å². The Bertz CT molecular complexity index is 407. The van der Waals surface area contributed by atoms with Crippen LogP contribution in [-0.4, -0.2) is 17.6 Å². The molecule has 1 aromatic heterocycles. The number of pyridine rings is 1. The third-order valence-electron chi connectivity index (χ3n) is 1.97. The molecule has 0 aliphatic heterocycles. The Labute approximate surface area is 90.2 Å². The zero-order chi connectivity index (χ0) is 12.3. The van der Waals surface area contributed by atoms with E-state index in [9.17, 15) is 18.0 Å². The largest absolute Gasteiger partial charge is 0.462 e. The van der Waals surface area contributed by atoms with E-state index in [1.807, 2.05) is 0 Å². The molecule has 0 radical (unpaired) electrons. The van der Waals surface area contributed by atoms with Crippen LogP contribution in [0.5, 0.6) is 0 Å². The Morgan fingerprint density at radius 2 is 2.19 bits per heavy atom. The molecule has 1 rings (SSSR count). The van der Waals surface area contributed by atoms with Crippen LogP contribution in [0.15, 0.2) is 6.20 Å². The van der Waals surface area contributed by atoms with Crippen LogP contribution < -0.4 is 0 Å². The highest BCUT2D eigenvalue weighted by Crippen LogP contribution is 2.27. The van der Waals surface area contributed by atoms with E-state index in [0.717, 1.165) is 6.20 Å². The van der Waals surface area contributed by atoms with Gasteiger partial charge in [-0.1, -0.05) is 0 Å². The first kappa shape index (κ1) is 12.5. The van der Waals surface area contributed by atoms with Gasteiger partial charge in [0.25, 0.3) is 6.43 Å². The quantitative estimate of drug-likeness (QED) is 0.753. The van der Waals surface area contributed by atoms with E-state index in [1.54, 1.807) is 0 Å². The number of alkyl halides is 2. The summed E-state index contributed by atoms with van der Waals surface area (Å²) in [5.74, 6) is -2.19. The summed E-state index contributed by atoms with van der Waals surface area (Å²) in [5, 5.41) is 0. The zero-order valence-electron chi connectivity index (χ0n) is 8.76. The standard InChI is InChI=1S/C10H10F3NO2/c1-3-16-10(15)8-6(11)4-14-5(2)7(8)9(12)13/h4,9H,3H2,1-2H3. The van der Waals surface area contributed by atoms with Gasteiger partial charge >= 0.3 is 5.97 Å². The van der Waals surface area contributed by atoms with Crippen molar-refractivity contribution in [2.45, 2.75) is 20.3 Å². The zero-order valence-corrected chi connectivity index (χ0v) is 8.76. The monoisotopic (exact) mass is 233 g/mol. The highest BCUT2D eigenvalue weighted by Gasteiger charge is 2.26. The molecule has 1 heterocycles. The minimum absolute atomic E-state index is 0.0116. The van der Waals surface area contributed by atoms with Gasteiger partial charge in [-0.25, -0.2) is 18.0 Å². The number of aryl methyl sites for hydroxylation is 1. The van der Waals surface area contributed by atoms with Crippen LogP contribution in [0.25, 0.3) is 0 Å². The Morgan fingerprint density at radius 1 is 1.56 bits per heavy atom. The van der Waals surface area contributed by atoms with E-state index in [1.165, 1.54) is 13.8 Å². The van der Waals surface area contributed by atoms with Gasteiger partial charge in [-0.15, -0.1) is 0 Å². The van der Waals surface area contributed by atoms with Crippen LogP contribution in [0, 0.1) is 12.7 Å². The Kier molecular flexibility index (Phi) is 3.87. The molecule has 0 spiro atoms. The van der Waals surface area contributed by atoms with Crippen LogP contribution in [-0.2, 0) is 4.74 Å². The van der Waals surface area contributed by atoms with E-state index in [4.69, 9.17) is 0 Å². The molecule has 1 aromatic rings. The van der Waals surface area contributed by atoms with Crippen molar-refractivity contribution in [3.63, 3.8) is 0 Å². The average Bonchev–Trinajstić information content (AvgIpc) is 2.20. The summed E-state index contributed by atoms with van der Waals surface area (Å²) < 4.78 is 43.1. The van der Waals surface area contributed by atoms with Crippen molar-refractivity contribution >= 4 is 5.97 Å². The maximum atomic E-state index is 13.3. The van der Waals surface area contributed by atoms with Gasteiger partial charge in [0, 0.05) is 5.69 Å². The van der Waals surface area contributed by atoms with Gasteiger partial charge < -0.3 is 4.74 Å². The minimum Gasteiger partial charge on any atom is -0.462 e. The van der Waals surface area contributed by atoms with Gasteiger partial charge in [-0.05, 0) is 13.8 Å². The smallest absolute Gasteiger partial charge is 0.341 e. The average molecular weight is 233 g/mol. The molecule has 0 aromatic carbocycles. The molecule has 0 saturated carbocycles. The molecule has 0 bridgehead atoms. The minimum atomic E-state index is -2.97. The highest BCUT2D eigenvalue weighted by molar-refractivity contribution is 5.91. The predicted molar refractivity (Wildman–Crippen MR) is 49.8 cm³/mol. The van der Waals surface area contributed by atoms with Crippen molar-refractivity contribution in [1.29, 1.82) is 0 Å². The number of carbonyl (C=O) groups excluding carboxylic acids is 1. The maximum Gasteiger partial charge on any atom is 0.341 e. The molecule has 16 heavy (non-hydrogen) atoms. The number of hydrogen-bond donors (Lipinski definition) is 0. The van der Waals surface area contributed by atoms with Crippen molar-refractivity contribution in [2.24, 2.45) is 0 Å². The Balaban J connectivity index is 3.34. The number of carbonyl (C=O) groups is 1. The summed E-state index contributed by atoms with van der Waals surface area (Å²) in [4.78, 5) is 14.8. The summed E-state index contributed by atoms with van der Waals surface area (Å²) in [6, 6.07) is 0. The van der Waals surface area contributed by atoms with Crippen LogP contribution in [0.1, 0.15) is 35.0 Å².